The molecular weight excluding hydrogens is 364 g/mol. The zero-order valence-corrected chi connectivity index (χ0v) is 17.0. The fourth-order valence-electron chi connectivity index (χ4n) is 4.23. The van der Waals surface area contributed by atoms with E-state index < -0.39 is 0 Å². The van der Waals surface area contributed by atoms with Gasteiger partial charge in [-0.2, -0.15) is 0 Å². The van der Waals surface area contributed by atoms with Crippen molar-refractivity contribution >= 4 is 11.8 Å². The molecule has 0 aliphatic heterocycles. The number of amides is 2. The van der Waals surface area contributed by atoms with Gasteiger partial charge >= 0.3 is 0 Å². The van der Waals surface area contributed by atoms with Gasteiger partial charge in [0.25, 0.3) is 0 Å². The molecule has 0 unspecified atom stereocenters. The van der Waals surface area contributed by atoms with Gasteiger partial charge in [0.15, 0.2) is 0 Å². The van der Waals surface area contributed by atoms with Gasteiger partial charge in [0.1, 0.15) is 12.3 Å². The van der Waals surface area contributed by atoms with Crippen molar-refractivity contribution in [3.63, 3.8) is 0 Å². The lowest BCUT2D eigenvalue weighted by atomic mass is 9.88. The van der Waals surface area contributed by atoms with Crippen LogP contribution in [0.3, 0.4) is 0 Å². The van der Waals surface area contributed by atoms with Crippen LogP contribution in [-0.2, 0) is 22.7 Å². The highest BCUT2D eigenvalue weighted by molar-refractivity contribution is 5.86. The standard InChI is InChI=1S/C24H30N2O3/c27-23(18-26(21-13-14-21)24(28)20-10-5-2-6-11-20)25(17-22-12-7-15-29-22)16-19-8-3-1-4-9-19/h1,3-4,7-9,12,15,20-21H,2,5-6,10-11,13-14,16-18H2. The first-order valence-corrected chi connectivity index (χ1v) is 10.9. The third-order valence-electron chi connectivity index (χ3n) is 6.03. The van der Waals surface area contributed by atoms with Crippen LogP contribution in [0.25, 0.3) is 0 Å². The van der Waals surface area contributed by atoms with E-state index in [2.05, 4.69) is 0 Å². The zero-order valence-electron chi connectivity index (χ0n) is 17.0. The summed E-state index contributed by atoms with van der Waals surface area (Å²) in [6, 6.07) is 13.9. The Morgan fingerprint density at radius 3 is 2.31 bits per heavy atom. The van der Waals surface area contributed by atoms with Crippen molar-refractivity contribution in [3.05, 3.63) is 60.1 Å². The number of hydrogen-bond acceptors (Lipinski definition) is 3. The Morgan fingerprint density at radius 2 is 1.66 bits per heavy atom. The van der Waals surface area contributed by atoms with E-state index in [1.54, 1.807) is 11.2 Å². The van der Waals surface area contributed by atoms with E-state index in [1.807, 2.05) is 47.4 Å². The maximum atomic E-state index is 13.3. The summed E-state index contributed by atoms with van der Waals surface area (Å²) in [6.45, 7) is 1.10. The van der Waals surface area contributed by atoms with Gasteiger partial charge in [0, 0.05) is 18.5 Å². The molecule has 2 amide bonds. The molecule has 2 aliphatic carbocycles. The van der Waals surface area contributed by atoms with Crippen LogP contribution >= 0.6 is 0 Å². The van der Waals surface area contributed by atoms with E-state index in [9.17, 15) is 9.59 Å². The molecule has 0 atom stereocenters. The molecule has 29 heavy (non-hydrogen) atoms. The topological polar surface area (TPSA) is 53.8 Å². The monoisotopic (exact) mass is 394 g/mol. The minimum Gasteiger partial charge on any atom is -0.467 e. The second-order valence-electron chi connectivity index (χ2n) is 8.35. The summed E-state index contributed by atoms with van der Waals surface area (Å²) in [5, 5.41) is 0. The van der Waals surface area contributed by atoms with Crippen LogP contribution in [-0.4, -0.2) is 34.2 Å². The molecule has 5 heteroatoms. The van der Waals surface area contributed by atoms with Crippen LogP contribution in [0.4, 0.5) is 0 Å². The Balaban J connectivity index is 1.46. The van der Waals surface area contributed by atoms with Crippen LogP contribution in [0.2, 0.25) is 0 Å². The summed E-state index contributed by atoms with van der Waals surface area (Å²) in [5.74, 6) is 1.04. The lowest BCUT2D eigenvalue weighted by Crippen LogP contribution is -2.46. The minimum atomic E-state index is -0.0127. The molecule has 0 saturated heterocycles. The van der Waals surface area contributed by atoms with Gasteiger partial charge in [0.2, 0.25) is 11.8 Å². The lowest BCUT2D eigenvalue weighted by Gasteiger charge is -2.31. The molecule has 2 aliphatic rings. The summed E-state index contributed by atoms with van der Waals surface area (Å²) >= 11 is 0. The van der Waals surface area contributed by atoms with Gasteiger partial charge in [-0.05, 0) is 43.4 Å². The van der Waals surface area contributed by atoms with E-state index >= 15 is 0 Å². The largest absolute Gasteiger partial charge is 0.467 e. The van der Waals surface area contributed by atoms with Crippen LogP contribution in [0.15, 0.2) is 53.1 Å². The fourth-order valence-corrected chi connectivity index (χ4v) is 4.23. The Labute approximate surface area is 172 Å². The van der Waals surface area contributed by atoms with Crippen molar-refractivity contribution in [1.29, 1.82) is 0 Å². The van der Waals surface area contributed by atoms with Crippen molar-refractivity contribution < 1.29 is 14.0 Å². The van der Waals surface area contributed by atoms with Crippen LogP contribution in [0.1, 0.15) is 56.3 Å². The second kappa shape index (κ2) is 9.29. The quantitative estimate of drug-likeness (QED) is 0.668. The first-order valence-electron chi connectivity index (χ1n) is 10.9. The second-order valence-corrected chi connectivity index (χ2v) is 8.35. The summed E-state index contributed by atoms with van der Waals surface area (Å²) in [6.07, 6.45) is 9.07. The van der Waals surface area contributed by atoms with Crippen LogP contribution in [0.5, 0.6) is 0 Å². The normalized spacial score (nSPS) is 17.1. The highest BCUT2D eigenvalue weighted by atomic mass is 16.3. The Morgan fingerprint density at radius 1 is 0.897 bits per heavy atom. The summed E-state index contributed by atoms with van der Waals surface area (Å²) in [5.41, 5.74) is 1.07. The highest BCUT2D eigenvalue weighted by Crippen LogP contribution is 2.32. The van der Waals surface area contributed by atoms with Crippen LogP contribution < -0.4 is 0 Å². The lowest BCUT2D eigenvalue weighted by molar-refractivity contribution is -0.144. The molecule has 2 saturated carbocycles. The fraction of sp³-hybridized carbons (Fsp3) is 0.500. The van der Waals surface area contributed by atoms with E-state index in [-0.39, 0.29) is 30.3 Å². The Hall–Kier alpha value is -2.56. The van der Waals surface area contributed by atoms with Crippen LogP contribution in [0, 0.1) is 5.92 Å². The maximum absolute atomic E-state index is 13.3. The number of benzene rings is 1. The van der Waals surface area contributed by atoms with Gasteiger partial charge in [-0.25, -0.2) is 0 Å². The van der Waals surface area contributed by atoms with E-state index in [0.29, 0.717) is 13.1 Å². The average Bonchev–Trinajstić information content (AvgIpc) is 3.48. The summed E-state index contributed by atoms with van der Waals surface area (Å²) < 4.78 is 5.48. The molecule has 4 rings (SSSR count). The maximum Gasteiger partial charge on any atom is 0.242 e. The number of nitrogens with zero attached hydrogens (tertiary/aromatic N) is 2. The molecular formula is C24H30N2O3. The Bertz CT molecular complexity index is 793. The van der Waals surface area contributed by atoms with Gasteiger partial charge in [0.05, 0.1) is 12.8 Å². The molecule has 0 radical (unpaired) electrons. The minimum absolute atomic E-state index is 0.0127. The van der Waals surface area contributed by atoms with Crippen molar-refractivity contribution in [1.82, 2.24) is 9.80 Å². The first-order chi connectivity index (χ1) is 14.2. The molecule has 0 spiro atoms. The van der Waals surface area contributed by atoms with E-state index in [0.717, 1.165) is 49.8 Å². The SMILES string of the molecule is O=C(CN(C(=O)C1CCCCC1)C1CC1)N(Cc1ccccc1)Cc1ccco1. The van der Waals surface area contributed by atoms with Gasteiger partial charge in [-0.1, -0.05) is 49.6 Å². The molecule has 0 bridgehead atoms. The van der Waals surface area contributed by atoms with Gasteiger partial charge < -0.3 is 14.2 Å². The molecule has 1 heterocycles. The number of carbonyl (C=O) groups excluding carboxylic acids is 2. The molecule has 2 fully saturated rings. The van der Waals surface area contributed by atoms with Gasteiger partial charge in [-0.15, -0.1) is 0 Å². The number of furan rings is 1. The molecule has 1 aromatic heterocycles. The molecule has 0 N–H and O–H groups in total. The third-order valence-corrected chi connectivity index (χ3v) is 6.03. The van der Waals surface area contributed by atoms with E-state index in [4.69, 9.17) is 4.42 Å². The summed E-state index contributed by atoms with van der Waals surface area (Å²) in [7, 11) is 0. The van der Waals surface area contributed by atoms with Crippen molar-refractivity contribution in [2.24, 2.45) is 5.92 Å². The average molecular weight is 395 g/mol. The molecule has 5 nitrogen and oxygen atoms in total. The van der Waals surface area contributed by atoms with E-state index in [1.165, 1.54) is 6.42 Å². The van der Waals surface area contributed by atoms with Crippen molar-refractivity contribution in [3.8, 4) is 0 Å². The summed E-state index contributed by atoms with van der Waals surface area (Å²) in [4.78, 5) is 30.1. The van der Waals surface area contributed by atoms with Crippen molar-refractivity contribution in [2.45, 2.75) is 64.1 Å². The smallest absolute Gasteiger partial charge is 0.242 e. The molecule has 2 aromatic rings. The van der Waals surface area contributed by atoms with Crippen molar-refractivity contribution in [2.75, 3.05) is 6.54 Å². The first kappa shape index (κ1) is 19.7. The predicted molar refractivity (Wildman–Crippen MR) is 111 cm³/mol. The number of hydrogen-bond donors (Lipinski definition) is 0. The predicted octanol–water partition coefficient (Wildman–Crippen LogP) is 4.38. The molecule has 1 aromatic carbocycles. The Kier molecular flexibility index (Phi) is 6.33. The highest BCUT2D eigenvalue weighted by Gasteiger charge is 2.37. The number of rotatable bonds is 8. The third kappa shape index (κ3) is 5.28. The number of carbonyl (C=O) groups is 2. The zero-order chi connectivity index (χ0) is 20.1. The molecule has 154 valence electrons. The van der Waals surface area contributed by atoms with Gasteiger partial charge in [-0.3, -0.25) is 9.59 Å².